The number of hydrogen-bond acceptors (Lipinski definition) is 3. The van der Waals surface area contributed by atoms with Gasteiger partial charge in [0, 0.05) is 0 Å². The number of nitrogens with zero attached hydrogens (tertiary/aromatic N) is 2. The molecule has 0 aromatic rings. The minimum atomic E-state index is -0.841. The lowest BCUT2D eigenvalue weighted by atomic mass is 10.9. The maximum atomic E-state index is 9.93. The van der Waals surface area contributed by atoms with Crippen molar-refractivity contribution in [1.82, 2.24) is 5.32 Å². The van der Waals surface area contributed by atoms with Crippen molar-refractivity contribution in [3.63, 3.8) is 0 Å². The van der Waals surface area contributed by atoms with E-state index in [1.165, 1.54) is 6.19 Å². The van der Waals surface area contributed by atoms with E-state index in [0.717, 1.165) is 0 Å². The fraction of sp³-hybridized carbons (Fsp3) is 0. The van der Waals surface area contributed by atoms with Gasteiger partial charge in [-0.2, -0.15) is 5.26 Å². The predicted molar refractivity (Wildman–Crippen MR) is 37.2 cm³/mol. The summed E-state index contributed by atoms with van der Waals surface area (Å²) < 4.78 is 0. The lowest BCUT2D eigenvalue weighted by Crippen LogP contribution is -2.39. The van der Waals surface area contributed by atoms with E-state index < -0.39 is 6.03 Å². The molecule has 0 aromatic heterocycles. The van der Waals surface area contributed by atoms with Crippen LogP contribution >= 0.6 is 12.4 Å². The van der Waals surface area contributed by atoms with Gasteiger partial charge in [0.1, 0.15) is 0 Å². The zero-order chi connectivity index (χ0) is 7.28. The van der Waals surface area contributed by atoms with Gasteiger partial charge < -0.3 is 11.5 Å². The second-order valence-corrected chi connectivity index (χ2v) is 1.09. The van der Waals surface area contributed by atoms with Gasteiger partial charge in [-0.25, -0.2) is 4.79 Å². The first kappa shape index (κ1) is 11.3. The van der Waals surface area contributed by atoms with Crippen molar-refractivity contribution in [2.75, 3.05) is 0 Å². The highest BCUT2D eigenvalue weighted by atomic mass is 35.5. The van der Waals surface area contributed by atoms with Gasteiger partial charge in [-0.3, -0.25) is 5.32 Å². The molecule has 56 valence electrons. The van der Waals surface area contributed by atoms with Gasteiger partial charge in [-0.1, -0.05) is 0 Å². The van der Waals surface area contributed by atoms with Gasteiger partial charge in [0.25, 0.3) is 0 Å². The Morgan fingerprint density at radius 3 is 2.40 bits per heavy atom. The monoisotopic (exact) mass is 163 g/mol. The van der Waals surface area contributed by atoms with Gasteiger partial charge in [0.15, 0.2) is 0 Å². The maximum Gasteiger partial charge on any atom is 0.318 e. The number of carbonyl (C=O) groups excluding carboxylic acids is 1. The van der Waals surface area contributed by atoms with Crippen molar-refractivity contribution in [2.24, 2.45) is 16.5 Å². The first-order valence-corrected chi connectivity index (χ1v) is 1.95. The van der Waals surface area contributed by atoms with E-state index >= 15 is 0 Å². The normalized spacial score (nSPS) is 8.90. The minimum Gasteiger partial charge on any atom is -0.369 e. The first-order valence-electron chi connectivity index (χ1n) is 1.95. The van der Waals surface area contributed by atoms with Crippen LogP contribution in [0.15, 0.2) is 4.99 Å². The van der Waals surface area contributed by atoms with Gasteiger partial charge in [-0.15, -0.1) is 17.4 Å². The van der Waals surface area contributed by atoms with Crippen LogP contribution in [0, 0.1) is 11.5 Å². The number of guanidine groups is 1. The number of aliphatic imine (C=N–C) groups is 1. The Bertz CT molecular complexity index is 182. The number of amides is 2. The maximum absolute atomic E-state index is 9.93. The van der Waals surface area contributed by atoms with Crippen LogP contribution in [0.2, 0.25) is 0 Å². The highest BCUT2D eigenvalue weighted by molar-refractivity contribution is 5.94. The summed E-state index contributed by atoms with van der Waals surface area (Å²) in [4.78, 5) is 12.9. The summed E-state index contributed by atoms with van der Waals surface area (Å²) in [6.45, 7) is 0. The van der Waals surface area contributed by atoms with Crippen molar-refractivity contribution < 1.29 is 4.79 Å². The van der Waals surface area contributed by atoms with Crippen molar-refractivity contribution in [3.05, 3.63) is 0 Å². The molecule has 0 aliphatic rings. The molecule has 7 heteroatoms. The molecule has 0 heterocycles. The molecule has 0 spiro atoms. The molecule has 5 N–H and O–H groups in total. The largest absolute Gasteiger partial charge is 0.369 e. The summed E-state index contributed by atoms with van der Waals surface area (Å²) in [6.07, 6.45) is 1.37. The van der Waals surface area contributed by atoms with Crippen LogP contribution < -0.4 is 16.8 Å². The number of carbonyl (C=O) groups is 1. The number of nitrogens with one attached hydrogen (secondary N) is 1. The molecule has 0 saturated heterocycles. The third-order valence-electron chi connectivity index (χ3n) is 0.422. The van der Waals surface area contributed by atoms with E-state index in [9.17, 15) is 4.79 Å². The van der Waals surface area contributed by atoms with Crippen LogP contribution in [0.5, 0.6) is 0 Å². The molecule has 0 saturated carbocycles. The van der Waals surface area contributed by atoms with Crippen LogP contribution in [-0.2, 0) is 0 Å². The predicted octanol–water partition coefficient (Wildman–Crippen LogP) is -1.13. The van der Waals surface area contributed by atoms with Crippen LogP contribution in [0.4, 0.5) is 4.79 Å². The minimum absolute atomic E-state index is 0. The molecule has 0 atom stereocenters. The van der Waals surface area contributed by atoms with Crippen LogP contribution in [0.1, 0.15) is 0 Å². The fourth-order valence-corrected chi connectivity index (χ4v) is 0.208. The second-order valence-electron chi connectivity index (χ2n) is 1.09. The smallest absolute Gasteiger partial charge is 0.318 e. The molecule has 2 amide bonds. The quantitative estimate of drug-likeness (QED) is 0.238. The van der Waals surface area contributed by atoms with Crippen molar-refractivity contribution in [2.45, 2.75) is 0 Å². The van der Waals surface area contributed by atoms with E-state index in [-0.39, 0.29) is 18.4 Å². The van der Waals surface area contributed by atoms with E-state index in [1.54, 1.807) is 0 Å². The Morgan fingerprint density at radius 2 is 2.10 bits per heavy atom. The highest BCUT2D eigenvalue weighted by Crippen LogP contribution is 1.59. The molecule has 0 aromatic carbocycles. The summed E-state index contributed by atoms with van der Waals surface area (Å²) in [7, 11) is 0. The van der Waals surface area contributed by atoms with Gasteiger partial charge in [0.2, 0.25) is 12.2 Å². The summed E-state index contributed by atoms with van der Waals surface area (Å²) in [5.74, 6) is -0.301. The van der Waals surface area contributed by atoms with Crippen LogP contribution in [0.3, 0.4) is 0 Å². The van der Waals surface area contributed by atoms with E-state index in [4.69, 9.17) is 11.0 Å². The number of rotatable bonds is 0. The van der Waals surface area contributed by atoms with E-state index in [1.807, 2.05) is 5.32 Å². The molecule has 0 bridgehead atoms. The summed E-state index contributed by atoms with van der Waals surface area (Å²) >= 11 is 0. The Hall–Kier alpha value is -1.48. The molecule has 0 radical (unpaired) electrons. The molecule has 10 heavy (non-hydrogen) atoms. The molecular formula is C3H6ClN5O. The van der Waals surface area contributed by atoms with Gasteiger partial charge in [0.05, 0.1) is 0 Å². The fourth-order valence-electron chi connectivity index (χ4n) is 0.208. The number of nitriles is 1. The number of urea groups is 1. The zero-order valence-corrected chi connectivity index (χ0v) is 5.68. The van der Waals surface area contributed by atoms with E-state index in [0.29, 0.717) is 0 Å². The topological polar surface area (TPSA) is 117 Å². The van der Waals surface area contributed by atoms with Gasteiger partial charge >= 0.3 is 6.03 Å². The molecule has 0 rings (SSSR count). The Labute approximate surface area is 63.3 Å². The lowest BCUT2D eigenvalue weighted by Gasteiger charge is -1.93. The summed E-state index contributed by atoms with van der Waals surface area (Å²) in [5, 5.41) is 9.73. The summed E-state index contributed by atoms with van der Waals surface area (Å²) in [5.41, 5.74) is 9.50. The Morgan fingerprint density at radius 1 is 1.60 bits per heavy atom. The average molecular weight is 164 g/mol. The van der Waals surface area contributed by atoms with Crippen molar-refractivity contribution in [3.8, 4) is 6.19 Å². The third kappa shape index (κ3) is 6.52. The molecule has 6 nitrogen and oxygen atoms in total. The van der Waals surface area contributed by atoms with Crippen LogP contribution in [-0.4, -0.2) is 12.0 Å². The number of halogens is 1. The zero-order valence-electron chi connectivity index (χ0n) is 4.87. The second kappa shape index (κ2) is 5.65. The molecule has 0 aliphatic carbocycles. The Balaban J connectivity index is 0. The average Bonchev–Trinajstić information content (AvgIpc) is 1.63. The molecule has 0 fully saturated rings. The number of hydrogen-bond donors (Lipinski definition) is 3. The molecule has 0 aliphatic heterocycles. The molecular weight excluding hydrogens is 158 g/mol. The lowest BCUT2D eigenvalue weighted by molar-refractivity contribution is 0.253. The Kier molecular flexibility index (Phi) is 6.41. The summed E-state index contributed by atoms with van der Waals surface area (Å²) in [6, 6.07) is -0.841. The van der Waals surface area contributed by atoms with Crippen LogP contribution in [0.25, 0.3) is 0 Å². The first-order chi connectivity index (χ1) is 4.16. The van der Waals surface area contributed by atoms with Crippen molar-refractivity contribution >= 4 is 24.4 Å². The highest BCUT2D eigenvalue weighted by Gasteiger charge is 1.92. The van der Waals surface area contributed by atoms with Gasteiger partial charge in [-0.05, 0) is 0 Å². The van der Waals surface area contributed by atoms with Crippen molar-refractivity contribution in [1.29, 1.82) is 5.26 Å². The SMILES string of the molecule is Cl.N#CN=C(N)NC(N)=O. The third-order valence-corrected chi connectivity index (χ3v) is 0.422. The standard InChI is InChI=1S/C3H5N5O.ClH/c4-1-7-2(5)8-3(6)9;/h(H5,5,6,7,8,9);1H. The number of primary amides is 1. The molecule has 0 unspecified atom stereocenters. The van der Waals surface area contributed by atoms with E-state index in [2.05, 4.69) is 10.7 Å². The number of nitrogens with two attached hydrogens (primary N) is 2.